The minimum absolute atomic E-state index is 0.184. The molecule has 9 nitrogen and oxygen atoms in total. The first-order chi connectivity index (χ1) is 13.2. The maximum Gasteiger partial charge on any atom is 0.434 e. The molecule has 0 aliphatic heterocycles. The molecule has 0 aliphatic rings. The van der Waals surface area contributed by atoms with Gasteiger partial charge in [-0.05, 0) is 55.4 Å². The van der Waals surface area contributed by atoms with Crippen LogP contribution in [0.4, 0.5) is 10.7 Å². The molecule has 0 fully saturated rings. The van der Waals surface area contributed by atoms with Gasteiger partial charge in [-0.2, -0.15) is 0 Å². The summed E-state index contributed by atoms with van der Waals surface area (Å²) in [5.74, 6) is -0.184. The fourth-order valence-electron chi connectivity index (χ4n) is 2.94. The van der Waals surface area contributed by atoms with Crippen LogP contribution in [-0.2, 0) is 17.7 Å². The van der Waals surface area contributed by atoms with Gasteiger partial charge in [-0.15, -0.1) is 0 Å². The maximum absolute atomic E-state index is 11.8. The topological polar surface area (TPSA) is 115 Å². The van der Waals surface area contributed by atoms with E-state index >= 15 is 0 Å². The van der Waals surface area contributed by atoms with E-state index in [0.29, 0.717) is 19.5 Å². The Hall–Kier alpha value is -3.36. The average Bonchev–Trinajstić information content (AvgIpc) is 3.20. The summed E-state index contributed by atoms with van der Waals surface area (Å²) < 4.78 is 6.73. The van der Waals surface area contributed by atoms with Gasteiger partial charge in [0.15, 0.2) is 0 Å². The molecule has 0 aliphatic carbocycles. The van der Waals surface area contributed by atoms with Crippen LogP contribution in [0.2, 0.25) is 0 Å². The number of hydrogen-bond acceptors (Lipinski definition) is 5. The second-order valence-corrected chi connectivity index (χ2v) is 7.48. The van der Waals surface area contributed by atoms with Crippen molar-refractivity contribution in [1.82, 2.24) is 19.9 Å². The Balaban J connectivity index is 1.69. The lowest BCUT2D eigenvalue weighted by Crippen LogP contribution is -2.33. The molecule has 2 heterocycles. The summed E-state index contributed by atoms with van der Waals surface area (Å²) in [6.07, 6.45) is 5.10. The Kier molecular flexibility index (Phi) is 5.34. The fraction of sp³-hybridized carbons (Fsp3) is 0.368. The molecule has 0 bridgehead atoms. The summed E-state index contributed by atoms with van der Waals surface area (Å²) in [5, 5.41) is 14.8. The molecule has 148 valence electrons. The molecule has 9 heteroatoms. The van der Waals surface area contributed by atoms with Gasteiger partial charge in [0.2, 0.25) is 0 Å². The van der Waals surface area contributed by atoms with Gasteiger partial charge in [-0.25, -0.2) is 9.36 Å². The zero-order valence-electron chi connectivity index (χ0n) is 16.1. The average molecular weight is 385 g/mol. The number of benzene rings is 1. The van der Waals surface area contributed by atoms with Crippen LogP contribution < -0.4 is 5.32 Å². The van der Waals surface area contributed by atoms with Crippen molar-refractivity contribution in [2.45, 2.75) is 39.3 Å². The highest BCUT2D eigenvalue weighted by molar-refractivity contribution is 5.84. The molecule has 0 atom stereocenters. The van der Waals surface area contributed by atoms with Crippen molar-refractivity contribution < 1.29 is 14.5 Å². The van der Waals surface area contributed by atoms with Gasteiger partial charge in [0.05, 0.1) is 6.54 Å². The third-order valence-electron chi connectivity index (χ3n) is 4.10. The predicted octanol–water partition coefficient (Wildman–Crippen LogP) is 3.39. The molecule has 0 unspecified atom stereocenters. The number of H-pyrrole nitrogens is 1. The van der Waals surface area contributed by atoms with Gasteiger partial charge in [-0.1, -0.05) is 11.1 Å². The van der Waals surface area contributed by atoms with Crippen LogP contribution in [-0.4, -0.2) is 37.7 Å². The van der Waals surface area contributed by atoms with Crippen LogP contribution in [0.1, 0.15) is 31.9 Å². The zero-order valence-corrected chi connectivity index (χ0v) is 16.1. The number of amides is 1. The first-order valence-corrected chi connectivity index (χ1v) is 8.94. The van der Waals surface area contributed by atoms with Crippen molar-refractivity contribution in [1.29, 1.82) is 0 Å². The summed E-state index contributed by atoms with van der Waals surface area (Å²) in [6, 6.07) is 5.86. The molecule has 28 heavy (non-hydrogen) atoms. The van der Waals surface area contributed by atoms with Gasteiger partial charge in [0.25, 0.3) is 0 Å². The van der Waals surface area contributed by atoms with Crippen molar-refractivity contribution in [3.05, 3.63) is 58.0 Å². The van der Waals surface area contributed by atoms with E-state index in [1.165, 1.54) is 10.8 Å². The Labute approximate surface area is 161 Å². The molecule has 2 N–H and O–H groups in total. The first-order valence-electron chi connectivity index (χ1n) is 8.94. The number of alkyl carbamates (subject to hydrolysis) is 1. The van der Waals surface area contributed by atoms with Crippen LogP contribution >= 0.6 is 0 Å². The Morgan fingerprint density at radius 1 is 1.39 bits per heavy atom. The van der Waals surface area contributed by atoms with E-state index in [1.54, 1.807) is 6.20 Å². The highest BCUT2D eigenvalue weighted by Gasteiger charge is 2.16. The van der Waals surface area contributed by atoms with Crippen LogP contribution in [0, 0.1) is 10.1 Å². The summed E-state index contributed by atoms with van der Waals surface area (Å²) in [4.78, 5) is 29.3. The number of nitrogens with zero attached hydrogens (tertiary/aromatic N) is 3. The minimum atomic E-state index is -0.532. The number of carbonyl (C=O) groups is 1. The Bertz CT molecular complexity index is 999. The van der Waals surface area contributed by atoms with Crippen LogP contribution in [0.3, 0.4) is 0 Å². The number of aromatic amines is 1. The predicted molar refractivity (Wildman–Crippen MR) is 104 cm³/mol. The second-order valence-electron chi connectivity index (χ2n) is 7.48. The smallest absolute Gasteiger partial charge is 0.434 e. The van der Waals surface area contributed by atoms with Gasteiger partial charge in [0.1, 0.15) is 18.0 Å². The number of nitrogens with one attached hydrogen (secondary N) is 2. The largest absolute Gasteiger partial charge is 0.444 e. The molecule has 0 saturated carbocycles. The lowest BCUT2D eigenvalue weighted by molar-refractivity contribution is -0.396. The molecule has 1 aromatic carbocycles. The SMILES string of the molecule is CC(C)(C)OC(=O)NCCc1c[nH]c2ccc(Cn3ccnc3[N+](=O)[O-])cc12. The second kappa shape index (κ2) is 7.71. The summed E-state index contributed by atoms with van der Waals surface area (Å²) in [6.45, 7) is 6.25. The monoisotopic (exact) mass is 385 g/mol. The third kappa shape index (κ3) is 4.67. The van der Waals surface area contributed by atoms with Gasteiger partial charge in [-0.3, -0.25) is 0 Å². The molecular weight excluding hydrogens is 362 g/mol. The van der Waals surface area contributed by atoms with Crippen molar-refractivity contribution in [3.63, 3.8) is 0 Å². The van der Waals surface area contributed by atoms with E-state index in [2.05, 4.69) is 15.3 Å². The van der Waals surface area contributed by atoms with Gasteiger partial charge >= 0.3 is 12.0 Å². The standard InChI is InChI=1S/C19H23N5O4/c1-19(2,3)28-18(25)21-7-6-14-11-22-16-5-4-13(10-15(14)16)12-23-9-8-20-17(23)24(26)27/h4-5,8-11,22H,6-7,12H2,1-3H3,(H,21,25). The Morgan fingerprint density at radius 2 is 2.18 bits per heavy atom. The van der Waals surface area contributed by atoms with Crippen LogP contribution in [0.15, 0.2) is 36.8 Å². The number of carbonyl (C=O) groups excluding carboxylic acids is 1. The number of ether oxygens (including phenoxy) is 1. The Morgan fingerprint density at radius 3 is 2.89 bits per heavy atom. The number of hydrogen-bond donors (Lipinski definition) is 2. The van der Waals surface area contributed by atoms with Crippen molar-refractivity contribution in [3.8, 4) is 0 Å². The first kappa shape index (κ1) is 19.4. The molecule has 3 rings (SSSR count). The number of fused-ring (bicyclic) bond motifs is 1. The number of imidazole rings is 1. The van der Waals surface area contributed by atoms with E-state index in [1.807, 2.05) is 45.2 Å². The third-order valence-corrected chi connectivity index (χ3v) is 4.10. The van der Waals surface area contributed by atoms with Crippen LogP contribution in [0.25, 0.3) is 10.9 Å². The molecule has 0 radical (unpaired) electrons. The van der Waals surface area contributed by atoms with Crippen molar-refractivity contribution in [2.24, 2.45) is 0 Å². The quantitative estimate of drug-likeness (QED) is 0.498. The highest BCUT2D eigenvalue weighted by atomic mass is 16.6. The lowest BCUT2D eigenvalue weighted by Gasteiger charge is -2.19. The lowest BCUT2D eigenvalue weighted by atomic mass is 10.1. The molecular formula is C19H23N5O4. The summed E-state index contributed by atoms with van der Waals surface area (Å²) in [7, 11) is 0. The normalized spacial score (nSPS) is 11.5. The molecule has 3 aromatic rings. The van der Waals surface area contributed by atoms with E-state index < -0.39 is 16.6 Å². The number of nitro groups is 1. The number of aromatic nitrogens is 3. The van der Waals surface area contributed by atoms with Gasteiger partial charge in [0, 0.05) is 23.6 Å². The minimum Gasteiger partial charge on any atom is -0.444 e. The summed E-state index contributed by atoms with van der Waals surface area (Å²) in [5.41, 5.74) is 2.41. The molecule has 1 amide bonds. The zero-order chi connectivity index (χ0) is 20.3. The molecule has 0 spiro atoms. The van der Waals surface area contributed by atoms with E-state index in [4.69, 9.17) is 4.74 Å². The van der Waals surface area contributed by atoms with E-state index in [-0.39, 0.29) is 5.95 Å². The summed E-state index contributed by atoms with van der Waals surface area (Å²) >= 11 is 0. The van der Waals surface area contributed by atoms with E-state index in [9.17, 15) is 14.9 Å². The van der Waals surface area contributed by atoms with Crippen molar-refractivity contribution >= 4 is 22.9 Å². The fourth-order valence-corrected chi connectivity index (χ4v) is 2.94. The van der Waals surface area contributed by atoms with Crippen LogP contribution in [0.5, 0.6) is 0 Å². The van der Waals surface area contributed by atoms with Gasteiger partial charge < -0.3 is 25.2 Å². The van der Waals surface area contributed by atoms with Crippen molar-refractivity contribution in [2.75, 3.05) is 6.54 Å². The molecule has 2 aromatic heterocycles. The van der Waals surface area contributed by atoms with E-state index in [0.717, 1.165) is 22.0 Å². The highest BCUT2D eigenvalue weighted by Crippen LogP contribution is 2.22. The molecule has 0 saturated heterocycles. The number of rotatable bonds is 6. The maximum atomic E-state index is 11.8.